The number of aryl methyl sites for hydroxylation is 1. The summed E-state index contributed by atoms with van der Waals surface area (Å²) in [5, 5.41) is 9.97. The van der Waals surface area contributed by atoms with Crippen molar-refractivity contribution in [2.45, 2.75) is 56.7 Å². The molecule has 164 valence electrons. The predicted octanol–water partition coefficient (Wildman–Crippen LogP) is 5.91. The summed E-state index contributed by atoms with van der Waals surface area (Å²) in [4.78, 5) is 0. The van der Waals surface area contributed by atoms with Gasteiger partial charge in [-0.1, -0.05) is 6.07 Å². The fourth-order valence-corrected chi connectivity index (χ4v) is 7.39. The highest BCUT2D eigenvalue weighted by Crippen LogP contribution is 2.75. The second kappa shape index (κ2) is 6.33. The number of rotatable bonds is 2. The summed E-state index contributed by atoms with van der Waals surface area (Å²) in [6.07, 6.45) is 1.97. The first-order valence-corrected chi connectivity index (χ1v) is 11.2. The van der Waals surface area contributed by atoms with Gasteiger partial charge in [-0.3, -0.25) is 0 Å². The van der Waals surface area contributed by atoms with Crippen molar-refractivity contribution in [2.24, 2.45) is 23.2 Å². The monoisotopic (exact) mass is 429 g/mol. The summed E-state index contributed by atoms with van der Waals surface area (Å²) in [6.45, 7) is 0. The van der Waals surface area contributed by atoms with Crippen LogP contribution in [0, 0.1) is 23.2 Å². The van der Waals surface area contributed by atoms with Gasteiger partial charge in [0, 0.05) is 11.6 Å². The lowest BCUT2D eigenvalue weighted by Crippen LogP contribution is -2.46. The second-order valence-electron chi connectivity index (χ2n) is 10.0. The summed E-state index contributed by atoms with van der Waals surface area (Å²) in [7, 11) is 0. The predicted molar refractivity (Wildman–Crippen MR) is 111 cm³/mol. The normalized spacial score (nSPS) is 35.5. The molecule has 0 amide bonds. The van der Waals surface area contributed by atoms with Crippen molar-refractivity contribution in [3.8, 4) is 11.5 Å². The number of alkyl halides is 3. The molecule has 4 unspecified atom stereocenters. The zero-order valence-electron chi connectivity index (χ0n) is 17.2. The van der Waals surface area contributed by atoms with E-state index in [9.17, 15) is 18.3 Å². The first-order valence-electron chi connectivity index (χ1n) is 11.2. The fourth-order valence-electron chi connectivity index (χ4n) is 7.39. The molecule has 3 saturated carbocycles. The molecule has 6 rings (SSSR count). The van der Waals surface area contributed by atoms with Crippen molar-refractivity contribution in [1.82, 2.24) is 0 Å². The third-order valence-electron chi connectivity index (χ3n) is 8.65. The minimum Gasteiger partial charge on any atom is -0.508 e. The molecule has 6 atom stereocenters. The van der Waals surface area contributed by atoms with E-state index in [1.54, 1.807) is 12.1 Å². The van der Waals surface area contributed by atoms with Crippen LogP contribution in [-0.4, -0.2) is 11.2 Å². The number of nitrogen functional groups attached to an aromatic ring is 1. The maximum absolute atomic E-state index is 13.4. The molecule has 2 aromatic carbocycles. The van der Waals surface area contributed by atoms with Gasteiger partial charge in [0.2, 0.25) is 0 Å². The number of hydrogen-bond acceptors (Lipinski definition) is 3. The minimum absolute atomic E-state index is 0.145. The van der Waals surface area contributed by atoms with Crippen LogP contribution in [0.25, 0.3) is 0 Å². The number of anilines is 1. The molecule has 2 aromatic rings. The smallest absolute Gasteiger partial charge is 0.418 e. The maximum atomic E-state index is 13.4. The first-order chi connectivity index (χ1) is 14.8. The second-order valence-corrected chi connectivity index (χ2v) is 10.0. The van der Waals surface area contributed by atoms with Crippen LogP contribution in [0.3, 0.4) is 0 Å². The first kappa shape index (κ1) is 19.3. The van der Waals surface area contributed by atoms with Crippen molar-refractivity contribution in [1.29, 1.82) is 0 Å². The van der Waals surface area contributed by atoms with Gasteiger partial charge in [0.15, 0.2) is 0 Å². The molecule has 0 aromatic heterocycles. The molecule has 0 bridgehead atoms. The molecule has 3 N–H and O–H groups in total. The Morgan fingerprint density at radius 2 is 1.87 bits per heavy atom. The third kappa shape index (κ3) is 2.86. The van der Waals surface area contributed by atoms with E-state index in [1.165, 1.54) is 30.9 Å². The SMILES string of the molecule is Nc1ccc(O[C@H]2CC34CC3CCC4C3CCc4cc(O)ccc4[C@H]32)cc1C(F)(F)F. The Morgan fingerprint density at radius 1 is 1.03 bits per heavy atom. The van der Waals surface area contributed by atoms with Crippen LogP contribution in [0.5, 0.6) is 11.5 Å². The van der Waals surface area contributed by atoms with Gasteiger partial charge in [0.1, 0.15) is 17.6 Å². The van der Waals surface area contributed by atoms with Crippen LogP contribution in [0.15, 0.2) is 36.4 Å². The molecule has 0 radical (unpaired) electrons. The molecule has 3 nitrogen and oxygen atoms in total. The highest BCUT2D eigenvalue weighted by molar-refractivity contribution is 5.52. The summed E-state index contributed by atoms with van der Waals surface area (Å²) < 4.78 is 46.6. The quantitative estimate of drug-likeness (QED) is 0.584. The van der Waals surface area contributed by atoms with Crippen molar-refractivity contribution in [2.75, 3.05) is 5.73 Å². The minimum atomic E-state index is -4.51. The summed E-state index contributed by atoms with van der Waals surface area (Å²) in [6, 6.07) is 9.46. The van der Waals surface area contributed by atoms with Crippen LogP contribution in [0.2, 0.25) is 0 Å². The van der Waals surface area contributed by atoms with Gasteiger partial charge in [-0.15, -0.1) is 0 Å². The number of ether oxygens (including phenoxy) is 1. The molecule has 6 heteroatoms. The maximum Gasteiger partial charge on any atom is 0.418 e. The van der Waals surface area contributed by atoms with Gasteiger partial charge < -0.3 is 15.6 Å². The van der Waals surface area contributed by atoms with Crippen molar-refractivity contribution >= 4 is 5.69 Å². The molecule has 0 saturated heterocycles. The number of nitrogens with two attached hydrogens (primary N) is 1. The number of fused-ring (bicyclic) bond motifs is 4. The summed E-state index contributed by atoms with van der Waals surface area (Å²) in [5.74, 6) is 2.56. The van der Waals surface area contributed by atoms with E-state index >= 15 is 0 Å². The molecule has 31 heavy (non-hydrogen) atoms. The zero-order chi connectivity index (χ0) is 21.5. The van der Waals surface area contributed by atoms with E-state index in [4.69, 9.17) is 10.5 Å². The standard InChI is InChI=1S/C25H26F3NO2/c26-25(27,28)20-10-16(4-8-21(20)29)31-22-12-24-11-14(24)2-7-19(24)18-5-1-13-9-15(30)3-6-17(13)23(18)22/h3-4,6,8-10,14,18-19,22-23,30H,1-2,5,7,11-12,29H2/t14?,18?,19?,22-,23+,24?/m0/s1. The largest absolute Gasteiger partial charge is 0.508 e. The molecular formula is C25H26F3NO2. The van der Waals surface area contributed by atoms with E-state index < -0.39 is 11.7 Å². The molecule has 3 fully saturated rings. The Balaban J connectivity index is 1.40. The Labute approximate surface area is 179 Å². The van der Waals surface area contributed by atoms with Crippen LogP contribution in [0.1, 0.15) is 54.7 Å². The average Bonchev–Trinajstić information content (AvgIpc) is 3.28. The lowest BCUT2D eigenvalue weighted by atomic mass is 9.57. The topological polar surface area (TPSA) is 55.5 Å². The van der Waals surface area contributed by atoms with Crippen molar-refractivity contribution < 1.29 is 23.0 Å². The summed E-state index contributed by atoms with van der Waals surface area (Å²) >= 11 is 0. The van der Waals surface area contributed by atoms with Crippen LogP contribution >= 0.6 is 0 Å². The van der Waals surface area contributed by atoms with Crippen LogP contribution in [0.4, 0.5) is 18.9 Å². The summed E-state index contributed by atoms with van der Waals surface area (Å²) in [5.41, 5.74) is 7.13. The number of halogens is 3. The number of phenols is 1. The highest BCUT2D eigenvalue weighted by atomic mass is 19.4. The Hall–Kier alpha value is -2.37. The van der Waals surface area contributed by atoms with E-state index in [2.05, 4.69) is 0 Å². The molecular weight excluding hydrogens is 403 g/mol. The molecule has 0 aliphatic heterocycles. The van der Waals surface area contributed by atoms with Crippen LogP contribution < -0.4 is 10.5 Å². The van der Waals surface area contributed by atoms with Crippen LogP contribution in [-0.2, 0) is 12.6 Å². The van der Waals surface area contributed by atoms with E-state index in [0.717, 1.165) is 36.8 Å². The van der Waals surface area contributed by atoms with Gasteiger partial charge in [-0.2, -0.15) is 13.2 Å². The lowest BCUT2D eigenvalue weighted by molar-refractivity contribution is -0.137. The van der Waals surface area contributed by atoms with Gasteiger partial charge >= 0.3 is 6.18 Å². The molecule has 1 spiro atoms. The van der Waals surface area contributed by atoms with E-state index in [0.29, 0.717) is 17.3 Å². The van der Waals surface area contributed by atoms with Gasteiger partial charge in [-0.25, -0.2) is 0 Å². The zero-order valence-corrected chi connectivity index (χ0v) is 17.2. The molecule has 4 aliphatic carbocycles. The highest BCUT2D eigenvalue weighted by Gasteiger charge is 2.68. The van der Waals surface area contributed by atoms with E-state index in [1.807, 2.05) is 12.1 Å². The Bertz CT molecular complexity index is 1050. The third-order valence-corrected chi connectivity index (χ3v) is 8.65. The lowest BCUT2D eigenvalue weighted by Gasteiger charge is -2.49. The Morgan fingerprint density at radius 3 is 2.65 bits per heavy atom. The van der Waals surface area contributed by atoms with Crippen molar-refractivity contribution in [3.63, 3.8) is 0 Å². The average molecular weight is 429 g/mol. The van der Waals surface area contributed by atoms with Crippen molar-refractivity contribution in [3.05, 3.63) is 53.1 Å². The number of phenolic OH excluding ortho intramolecular Hbond substituents is 1. The molecule has 0 heterocycles. The number of aromatic hydroxyl groups is 1. The fraction of sp³-hybridized carbons (Fsp3) is 0.520. The van der Waals surface area contributed by atoms with Gasteiger partial charge in [0.25, 0.3) is 0 Å². The molecule has 4 aliphatic rings. The van der Waals surface area contributed by atoms with Gasteiger partial charge in [-0.05, 0) is 103 Å². The Kier molecular flexibility index (Phi) is 3.95. The number of benzene rings is 2. The van der Waals surface area contributed by atoms with Gasteiger partial charge in [0.05, 0.1) is 5.56 Å². The van der Waals surface area contributed by atoms with E-state index in [-0.39, 0.29) is 29.2 Å². The number of hydrogen-bond donors (Lipinski definition) is 2.